The van der Waals surface area contributed by atoms with Gasteiger partial charge in [-0.15, -0.1) is 0 Å². The maximum absolute atomic E-state index is 13.3. The molecule has 0 bridgehead atoms. The number of likely N-dealkylation sites (tertiary alicyclic amines) is 1. The minimum absolute atomic E-state index is 0.142. The fraction of sp³-hybridized carbons (Fsp3) is 0.318. The van der Waals surface area contributed by atoms with Crippen LogP contribution in [0.25, 0.3) is 11.6 Å². The summed E-state index contributed by atoms with van der Waals surface area (Å²) in [5.41, 5.74) is 2.82. The van der Waals surface area contributed by atoms with Crippen molar-refractivity contribution in [2.24, 2.45) is 11.8 Å². The maximum atomic E-state index is 13.3. The second kappa shape index (κ2) is 7.48. The Morgan fingerprint density at radius 2 is 1.46 bits per heavy atom. The van der Waals surface area contributed by atoms with Crippen LogP contribution < -0.4 is 0 Å². The van der Waals surface area contributed by atoms with Gasteiger partial charge in [-0.25, -0.2) is 0 Å². The third kappa shape index (κ3) is 3.94. The first-order valence-corrected chi connectivity index (χ1v) is 8.75. The van der Waals surface area contributed by atoms with Crippen LogP contribution in [0.3, 0.4) is 0 Å². The first kappa shape index (κ1) is 16.5. The Hall–Kier alpha value is -2.35. The number of nitrogens with zero attached hydrogens (tertiary/aromatic N) is 1. The van der Waals surface area contributed by atoms with Crippen LogP contribution in [0.2, 0.25) is 0 Å². The lowest BCUT2D eigenvalue weighted by atomic mass is 9.90. The average Bonchev–Trinajstić information content (AvgIpc) is 2.60. The Morgan fingerprint density at radius 3 is 2.04 bits per heavy atom. The summed E-state index contributed by atoms with van der Waals surface area (Å²) in [7, 11) is 0. The van der Waals surface area contributed by atoms with Gasteiger partial charge in [-0.3, -0.25) is 4.79 Å². The Bertz CT molecular complexity index is 695. The van der Waals surface area contributed by atoms with Gasteiger partial charge in [0.2, 0.25) is 0 Å². The van der Waals surface area contributed by atoms with E-state index < -0.39 is 0 Å². The molecule has 2 aromatic rings. The van der Waals surface area contributed by atoms with Crippen LogP contribution in [0, 0.1) is 11.8 Å². The van der Waals surface area contributed by atoms with Crippen LogP contribution in [-0.2, 0) is 4.79 Å². The SMILES string of the molecule is CC1CC(C)CN(C(=O)/C(=C\c2ccccc2)c2ccccc2)C1. The topological polar surface area (TPSA) is 20.3 Å². The summed E-state index contributed by atoms with van der Waals surface area (Å²) >= 11 is 0. The molecule has 0 saturated carbocycles. The summed E-state index contributed by atoms with van der Waals surface area (Å²) in [4.78, 5) is 15.3. The highest BCUT2D eigenvalue weighted by molar-refractivity contribution is 6.24. The van der Waals surface area contributed by atoms with Gasteiger partial charge in [-0.2, -0.15) is 0 Å². The Morgan fingerprint density at radius 1 is 0.917 bits per heavy atom. The average molecular weight is 319 g/mol. The van der Waals surface area contributed by atoms with Crippen LogP contribution in [0.5, 0.6) is 0 Å². The first-order valence-electron chi connectivity index (χ1n) is 8.75. The Kier molecular flexibility index (Phi) is 5.14. The third-order valence-electron chi connectivity index (χ3n) is 4.58. The van der Waals surface area contributed by atoms with Crippen LogP contribution in [-0.4, -0.2) is 23.9 Å². The number of benzene rings is 2. The molecule has 1 fully saturated rings. The fourth-order valence-corrected chi connectivity index (χ4v) is 3.60. The predicted octanol–water partition coefficient (Wildman–Crippen LogP) is 4.73. The largest absolute Gasteiger partial charge is 0.338 e. The molecule has 1 aliphatic rings. The first-order chi connectivity index (χ1) is 11.6. The van der Waals surface area contributed by atoms with Crippen molar-refractivity contribution in [2.45, 2.75) is 20.3 Å². The van der Waals surface area contributed by atoms with Gasteiger partial charge in [-0.05, 0) is 35.5 Å². The lowest BCUT2D eigenvalue weighted by Crippen LogP contribution is -2.42. The van der Waals surface area contributed by atoms with Crippen molar-refractivity contribution in [3.63, 3.8) is 0 Å². The number of hydrogen-bond acceptors (Lipinski definition) is 1. The fourth-order valence-electron chi connectivity index (χ4n) is 3.60. The molecule has 24 heavy (non-hydrogen) atoms. The zero-order chi connectivity index (χ0) is 16.9. The Labute approximate surface area is 144 Å². The van der Waals surface area contributed by atoms with E-state index in [0.717, 1.165) is 29.8 Å². The van der Waals surface area contributed by atoms with Gasteiger partial charge < -0.3 is 4.90 Å². The monoisotopic (exact) mass is 319 g/mol. The molecule has 1 saturated heterocycles. The van der Waals surface area contributed by atoms with E-state index in [1.807, 2.05) is 71.6 Å². The van der Waals surface area contributed by atoms with Crippen molar-refractivity contribution in [2.75, 3.05) is 13.1 Å². The van der Waals surface area contributed by atoms with E-state index in [1.54, 1.807) is 0 Å². The quantitative estimate of drug-likeness (QED) is 0.591. The summed E-state index contributed by atoms with van der Waals surface area (Å²) in [6.45, 7) is 6.17. The van der Waals surface area contributed by atoms with Crippen molar-refractivity contribution in [3.05, 3.63) is 71.8 Å². The van der Waals surface area contributed by atoms with Crippen molar-refractivity contribution in [1.82, 2.24) is 4.90 Å². The number of carbonyl (C=O) groups excluding carboxylic acids is 1. The lowest BCUT2D eigenvalue weighted by Gasteiger charge is -2.35. The minimum atomic E-state index is 0.142. The number of piperidine rings is 1. The van der Waals surface area contributed by atoms with E-state index in [4.69, 9.17) is 0 Å². The molecule has 0 aromatic heterocycles. The van der Waals surface area contributed by atoms with Crippen molar-refractivity contribution < 1.29 is 4.79 Å². The van der Waals surface area contributed by atoms with Gasteiger partial charge >= 0.3 is 0 Å². The highest BCUT2D eigenvalue weighted by Gasteiger charge is 2.27. The zero-order valence-corrected chi connectivity index (χ0v) is 14.5. The van der Waals surface area contributed by atoms with E-state index >= 15 is 0 Å². The normalized spacial score (nSPS) is 21.6. The van der Waals surface area contributed by atoms with Crippen LogP contribution in [0.15, 0.2) is 60.7 Å². The highest BCUT2D eigenvalue weighted by atomic mass is 16.2. The van der Waals surface area contributed by atoms with Gasteiger partial charge in [0.1, 0.15) is 0 Å². The van der Waals surface area contributed by atoms with Crippen LogP contribution in [0.4, 0.5) is 0 Å². The molecular formula is C22H25NO. The van der Waals surface area contributed by atoms with Crippen LogP contribution in [0.1, 0.15) is 31.4 Å². The number of hydrogen-bond donors (Lipinski definition) is 0. The molecule has 1 heterocycles. The molecule has 2 nitrogen and oxygen atoms in total. The molecule has 1 amide bonds. The molecule has 0 aliphatic carbocycles. The zero-order valence-electron chi connectivity index (χ0n) is 14.5. The third-order valence-corrected chi connectivity index (χ3v) is 4.58. The summed E-state index contributed by atoms with van der Waals surface area (Å²) in [5, 5.41) is 0. The number of carbonyl (C=O) groups is 1. The van der Waals surface area contributed by atoms with E-state index in [0.29, 0.717) is 11.8 Å². The number of rotatable bonds is 3. The van der Waals surface area contributed by atoms with E-state index in [9.17, 15) is 4.79 Å². The van der Waals surface area contributed by atoms with Gasteiger partial charge in [-0.1, -0.05) is 74.5 Å². The van der Waals surface area contributed by atoms with Gasteiger partial charge in [0, 0.05) is 18.7 Å². The Balaban J connectivity index is 1.96. The van der Waals surface area contributed by atoms with Gasteiger partial charge in [0.15, 0.2) is 0 Å². The minimum Gasteiger partial charge on any atom is -0.338 e. The van der Waals surface area contributed by atoms with Gasteiger partial charge in [0.25, 0.3) is 5.91 Å². The second-order valence-corrected chi connectivity index (χ2v) is 6.99. The molecule has 2 aromatic carbocycles. The molecular weight excluding hydrogens is 294 g/mol. The van der Waals surface area contributed by atoms with E-state index in [2.05, 4.69) is 13.8 Å². The van der Waals surface area contributed by atoms with Gasteiger partial charge in [0.05, 0.1) is 0 Å². The lowest BCUT2D eigenvalue weighted by molar-refractivity contribution is -0.127. The molecule has 3 rings (SSSR count). The second-order valence-electron chi connectivity index (χ2n) is 6.99. The molecule has 0 spiro atoms. The summed E-state index contributed by atoms with van der Waals surface area (Å²) in [6, 6.07) is 20.1. The molecule has 0 N–H and O–H groups in total. The van der Waals surface area contributed by atoms with Crippen LogP contribution >= 0.6 is 0 Å². The smallest absolute Gasteiger partial charge is 0.254 e. The molecule has 124 valence electrons. The predicted molar refractivity (Wildman–Crippen MR) is 100 cm³/mol. The maximum Gasteiger partial charge on any atom is 0.254 e. The molecule has 2 unspecified atom stereocenters. The standard InChI is InChI=1S/C22H25NO/c1-17-13-18(2)16-23(15-17)22(24)21(20-11-7-4-8-12-20)14-19-9-5-3-6-10-19/h3-12,14,17-18H,13,15-16H2,1-2H3/b21-14-. The summed E-state index contributed by atoms with van der Waals surface area (Å²) in [6.07, 6.45) is 3.22. The number of amides is 1. The molecule has 0 radical (unpaired) electrons. The van der Waals surface area contributed by atoms with Crippen molar-refractivity contribution in [1.29, 1.82) is 0 Å². The molecule has 2 atom stereocenters. The van der Waals surface area contributed by atoms with E-state index in [-0.39, 0.29) is 5.91 Å². The summed E-state index contributed by atoms with van der Waals surface area (Å²) < 4.78 is 0. The van der Waals surface area contributed by atoms with E-state index in [1.165, 1.54) is 6.42 Å². The molecule has 2 heteroatoms. The molecule has 1 aliphatic heterocycles. The summed E-state index contributed by atoms with van der Waals surface area (Å²) in [5.74, 6) is 1.27. The van der Waals surface area contributed by atoms with Crippen molar-refractivity contribution >= 4 is 17.6 Å². The highest BCUT2D eigenvalue weighted by Crippen LogP contribution is 2.26. The van der Waals surface area contributed by atoms with Crippen molar-refractivity contribution in [3.8, 4) is 0 Å².